The molecule has 0 radical (unpaired) electrons. The van der Waals surface area contributed by atoms with Crippen LogP contribution in [-0.2, 0) is 7.05 Å². The number of hydrogen-bond acceptors (Lipinski definition) is 4. The monoisotopic (exact) mass is 295 g/mol. The van der Waals surface area contributed by atoms with Crippen molar-refractivity contribution in [3.63, 3.8) is 0 Å². The van der Waals surface area contributed by atoms with Gasteiger partial charge in [-0.2, -0.15) is 0 Å². The van der Waals surface area contributed by atoms with Crippen molar-refractivity contribution in [1.29, 1.82) is 0 Å². The highest BCUT2D eigenvalue weighted by atomic mass is 79.9. The van der Waals surface area contributed by atoms with Crippen LogP contribution < -0.4 is 11.5 Å². The molecule has 4 N–H and O–H groups in total. The van der Waals surface area contributed by atoms with Gasteiger partial charge in [0.25, 0.3) is 5.91 Å². The minimum absolute atomic E-state index is 0.183. The minimum atomic E-state index is -0.617. The number of carbonyl (C=O) groups is 1. The van der Waals surface area contributed by atoms with Crippen LogP contribution in [0.5, 0.6) is 0 Å². The second-order valence-corrected chi connectivity index (χ2v) is 4.24. The zero-order valence-corrected chi connectivity index (χ0v) is 10.6. The number of halogens is 1. The number of nitrogens with two attached hydrogens (primary N) is 2. The van der Waals surface area contributed by atoms with Gasteiger partial charge in [0, 0.05) is 25.1 Å². The summed E-state index contributed by atoms with van der Waals surface area (Å²) in [6, 6.07) is 1.58. The van der Waals surface area contributed by atoms with Crippen LogP contribution in [0, 0.1) is 0 Å². The van der Waals surface area contributed by atoms with Gasteiger partial charge in [-0.05, 0) is 22.0 Å². The highest BCUT2D eigenvalue weighted by Gasteiger charge is 2.15. The number of pyridine rings is 1. The van der Waals surface area contributed by atoms with Crippen LogP contribution in [0.25, 0.3) is 11.5 Å². The number of primary amides is 1. The molecule has 0 unspecified atom stereocenters. The fourth-order valence-corrected chi connectivity index (χ4v) is 2.12. The van der Waals surface area contributed by atoms with Crippen LogP contribution in [0.15, 0.2) is 23.1 Å². The lowest BCUT2D eigenvalue weighted by atomic mass is 10.2. The van der Waals surface area contributed by atoms with Gasteiger partial charge in [-0.15, -0.1) is 0 Å². The first-order chi connectivity index (χ1) is 8.00. The van der Waals surface area contributed by atoms with Crippen LogP contribution in [0.2, 0.25) is 0 Å². The van der Waals surface area contributed by atoms with Gasteiger partial charge >= 0.3 is 0 Å². The highest BCUT2D eigenvalue weighted by Crippen LogP contribution is 2.25. The van der Waals surface area contributed by atoms with Gasteiger partial charge in [-0.3, -0.25) is 4.79 Å². The first-order valence-corrected chi connectivity index (χ1v) is 5.53. The number of anilines is 1. The molecule has 7 heteroatoms. The summed E-state index contributed by atoms with van der Waals surface area (Å²) in [6.07, 6.45) is 3.45. The molecule has 0 saturated carbocycles. The number of imidazole rings is 1. The largest absolute Gasteiger partial charge is 0.398 e. The van der Waals surface area contributed by atoms with Crippen molar-refractivity contribution in [2.24, 2.45) is 12.8 Å². The molecule has 0 bridgehead atoms. The molecule has 2 rings (SSSR count). The Morgan fingerprint density at radius 1 is 1.53 bits per heavy atom. The summed E-state index contributed by atoms with van der Waals surface area (Å²) >= 11 is 3.18. The Balaban J connectivity index is 2.61. The molecule has 0 fully saturated rings. The van der Waals surface area contributed by atoms with Gasteiger partial charge < -0.3 is 16.0 Å². The number of nitrogens with zero attached hydrogens (tertiary/aromatic N) is 3. The zero-order valence-electron chi connectivity index (χ0n) is 9.01. The second kappa shape index (κ2) is 4.17. The maximum Gasteiger partial charge on any atom is 0.253 e. The van der Waals surface area contributed by atoms with Gasteiger partial charge in [0.1, 0.15) is 10.3 Å². The number of carbonyl (C=O) groups excluding carboxylic acids is 1. The van der Waals surface area contributed by atoms with E-state index in [1.54, 1.807) is 23.0 Å². The van der Waals surface area contributed by atoms with Gasteiger partial charge in [0.05, 0.1) is 5.56 Å². The fourth-order valence-electron chi connectivity index (χ4n) is 1.50. The van der Waals surface area contributed by atoms with Crippen molar-refractivity contribution >= 4 is 27.5 Å². The molecule has 0 aromatic carbocycles. The van der Waals surface area contributed by atoms with E-state index in [1.807, 2.05) is 7.05 Å². The fraction of sp³-hybridized carbons (Fsp3) is 0.100. The van der Waals surface area contributed by atoms with Crippen LogP contribution in [0.1, 0.15) is 10.4 Å². The standard InChI is InChI=1S/C10H10BrN5O/c1-16-3-2-14-10(16)6-4-5(12)7(9(13)17)8(11)15-6/h2-4H,1H3,(H2,12,15)(H2,13,17). The first kappa shape index (κ1) is 11.6. The molecule has 0 aliphatic rings. The average Bonchev–Trinajstić information content (AvgIpc) is 2.62. The molecule has 1 amide bonds. The topological polar surface area (TPSA) is 99.8 Å². The SMILES string of the molecule is Cn1ccnc1-c1cc(N)c(C(N)=O)c(Br)n1. The van der Waals surface area contributed by atoms with Crippen molar-refractivity contribution in [2.75, 3.05) is 5.73 Å². The Hall–Kier alpha value is -1.89. The molecule has 17 heavy (non-hydrogen) atoms. The number of rotatable bonds is 2. The molecular formula is C10H10BrN5O. The van der Waals surface area contributed by atoms with E-state index < -0.39 is 5.91 Å². The summed E-state index contributed by atoms with van der Waals surface area (Å²) in [4.78, 5) is 19.5. The number of amides is 1. The molecule has 0 aliphatic carbocycles. The lowest BCUT2D eigenvalue weighted by Crippen LogP contribution is -2.15. The predicted octanol–water partition coefficient (Wildman–Crippen LogP) is 0.926. The van der Waals surface area contributed by atoms with Crippen molar-refractivity contribution in [3.8, 4) is 11.5 Å². The summed E-state index contributed by atoms with van der Waals surface area (Å²) < 4.78 is 2.13. The van der Waals surface area contributed by atoms with Crippen molar-refractivity contribution in [3.05, 3.63) is 28.6 Å². The van der Waals surface area contributed by atoms with E-state index in [9.17, 15) is 4.79 Å². The van der Waals surface area contributed by atoms with Crippen molar-refractivity contribution in [1.82, 2.24) is 14.5 Å². The Bertz CT molecular complexity index is 569. The Labute approximate surface area is 106 Å². The number of aryl methyl sites for hydroxylation is 1. The summed E-state index contributed by atoms with van der Waals surface area (Å²) in [5.74, 6) is 0.0432. The average molecular weight is 296 g/mol. The van der Waals surface area contributed by atoms with E-state index in [4.69, 9.17) is 11.5 Å². The molecule has 88 valence electrons. The molecule has 0 atom stereocenters. The van der Waals surface area contributed by atoms with E-state index in [0.717, 1.165) is 0 Å². The Morgan fingerprint density at radius 3 is 2.71 bits per heavy atom. The number of hydrogen-bond donors (Lipinski definition) is 2. The van der Waals surface area contributed by atoms with E-state index in [1.165, 1.54) is 0 Å². The van der Waals surface area contributed by atoms with Crippen molar-refractivity contribution < 1.29 is 4.79 Å². The Kier molecular flexibility index (Phi) is 2.84. The van der Waals surface area contributed by atoms with E-state index in [2.05, 4.69) is 25.9 Å². The quantitative estimate of drug-likeness (QED) is 0.805. The summed E-state index contributed by atoms with van der Waals surface area (Å²) in [5.41, 5.74) is 12.0. The third kappa shape index (κ3) is 2.01. The van der Waals surface area contributed by atoms with Gasteiger partial charge in [0.15, 0.2) is 5.82 Å². The Morgan fingerprint density at radius 2 is 2.24 bits per heavy atom. The molecular weight excluding hydrogens is 286 g/mol. The van der Waals surface area contributed by atoms with Crippen LogP contribution >= 0.6 is 15.9 Å². The molecule has 2 aromatic rings. The summed E-state index contributed by atoms with van der Waals surface area (Å²) in [5, 5.41) is 0. The van der Waals surface area contributed by atoms with Gasteiger partial charge in [-0.25, -0.2) is 9.97 Å². The first-order valence-electron chi connectivity index (χ1n) is 4.74. The zero-order chi connectivity index (χ0) is 12.6. The highest BCUT2D eigenvalue weighted by molar-refractivity contribution is 9.10. The van der Waals surface area contributed by atoms with Crippen LogP contribution in [0.4, 0.5) is 5.69 Å². The lowest BCUT2D eigenvalue weighted by molar-refractivity contribution is 0.1000. The minimum Gasteiger partial charge on any atom is -0.398 e. The maximum absolute atomic E-state index is 11.2. The molecule has 0 aliphatic heterocycles. The van der Waals surface area contributed by atoms with Gasteiger partial charge in [0.2, 0.25) is 0 Å². The normalized spacial score (nSPS) is 10.5. The molecule has 0 saturated heterocycles. The van der Waals surface area contributed by atoms with Crippen molar-refractivity contribution in [2.45, 2.75) is 0 Å². The van der Waals surface area contributed by atoms with Crippen LogP contribution in [-0.4, -0.2) is 20.4 Å². The lowest BCUT2D eigenvalue weighted by Gasteiger charge is -2.07. The van der Waals surface area contributed by atoms with Gasteiger partial charge in [-0.1, -0.05) is 0 Å². The van der Waals surface area contributed by atoms with E-state index >= 15 is 0 Å². The third-order valence-electron chi connectivity index (χ3n) is 2.30. The maximum atomic E-state index is 11.2. The number of nitrogen functional groups attached to an aromatic ring is 1. The van der Waals surface area contributed by atoms with E-state index in [-0.39, 0.29) is 11.3 Å². The van der Waals surface area contributed by atoms with E-state index in [0.29, 0.717) is 16.1 Å². The van der Waals surface area contributed by atoms with Crippen LogP contribution in [0.3, 0.4) is 0 Å². The molecule has 2 heterocycles. The third-order valence-corrected chi connectivity index (χ3v) is 2.88. The molecule has 2 aromatic heterocycles. The number of aromatic nitrogens is 3. The predicted molar refractivity (Wildman–Crippen MR) is 67.1 cm³/mol. The smallest absolute Gasteiger partial charge is 0.253 e. The summed E-state index contributed by atoms with van der Waals surface area (Å²) in [7, 11) is 1.84. The second-order valence-electron chi connectivity index (χ2n) is 3.49. The molecule has 6 nitrogen and oxygen atoms in total. The summed E-state index contributed by atoms with van der Waals surface area (Å²) in [6.45, 7) is 0. The molecule has 0 spiro atoms.